The Balaban J connectivity index is 2.87. The van der Waals surface area contributed by atoms with Gasteiger partial charge in [0.15, 0.2) is 11.6 Å². The molecule has 0 saturated carbocycles. The van der Waals surface area contributed by atoms with Gasteiger partial charge in [0.05, 0.1) is 12.1 Å². The maximum Gasteiger partial charge on any atom is 0.163 e. The van der Waals surface area contributed by atoms with Gasteiger partial charge in [-0.3, -0.25) is 0 Å². The summed E-state index contributed by atoms with van der Waals surface area (Å²) in [5, 5.41) is 9.74. The van der Waals surface area contributed by atoms with Crippen LogP contribution in [0.25, 0.3) is 0 Å². The molecule has 16 heavy (non-hydrogen) atoms. The first-order valence-corrected chi connectivity index (χ1v) is 5.31. The van der Waals surface area contributed by atoms with Crippen LogP contribution in [0.1, 0.15) is 31.9 Å². The largest absolute Gasteiger partial charge is 0.391 e. The van der Waals surface area contributed by atoms with Gasteiger partial charge in [-0.05, 0) is 18.4 Å². The van der Waals surface area contributed by atoms with Crippen molar-refractivity contribution in [2.24, 2.45) is 11.7 Å². The Kier molecular flexibility index (Phi) is 4.38. The zero-order valence-electron chi connectivity index (χ0n) is 9.45. The molecule has 90 valence electrons. The molecule has 1 rings (SSSR count). The van der Waals surface area contributed by atoms with Crippen LogP contribution in [0.15, 0.2) is 18.2 Å². The van der Waals surface area contributed by atoms with Crippen molar-refractivity contribution in [2.45, 2.75) is 32.4 Å². The first-order chi connectivity index (χ1) is 7.43. The first kappa shape index (κ1) is 13.1. The monoisotopic (exact) mass is 229 g/mol. The highest BCUT2D eigenvalue weighted by Gasteiger charge is 2.22. The smallest absolute Gasteiger partial charge is 0.163 e. The summed E-state index contributed by atoms with van der Waals surface area (Å²) >= 11 is 0. The van der Waals surface area contributed by atoms with Crippen LogP contribution in [-0.2, 0) is 0 Å². The zero-order valence-corrected chi connectivity index (χ0v) is 9.45. The van der Waals surface area contributed by atoms with E-state index in [2.05, 4.69) is 0 Å². The number of benzene rings is 1. The first-order valence-electron chi connectivity index (χ1n) is 5.31. The number of rotatable bonds is 4. The van der Waals surface area contributed by atoms with Gasteiger partial charge in [-0.1, -0.05) is 26.0 Å². The summed E-state index contributed by atoms with van der Waals surface area (Å²) in [5.41, 5.74) is 5.72. The molecule has 0 unspecified atom stereocenters. The molecule has 1 aromatic carbocycles. The van der Waals surface area contributed by atoms with Crippen molar-refractivity contribution < 1.29 is 13.9 Å². The van der Waals surface area contributed by atoms with E-state index in [9.17, 15) is 13.9 Å². The standard InChI is InChI=1S/C12H17F2NO/c1-7(2)6-10(16)12(15)8-4-3-5-9(13)11(8)14/h3-5,7,10,12,16H,6,15H2,1-2H3/t10-,12+/m1/s1. The predicted molar refractivity (Wildman–Crippen MR) is 58.7 cm³/mol. The second-order valence-electron chi connectivity index (χ2n) is 4.37. The highest BCUT2D eigenvalue weighted by Crippen LogP contribution is 2.23. The molecule has 0 bridgehead atoms. The topological polar surface area (TPSA) is 46.2 Å². The molecule has 0 saturated heterocycles. The minimum atomic E-state index is -0.974. The molecule has 0 aliphatic carbocycles. The van der Waals surface area contributed by atoms with Gasteiger partial charge >= 0.3 is 0 Å². The van der Waals surface area contributed by atoms with Crippen molar-refractivity contribution in [3.63, 3.8) is 0 Å². The van der Waals surface area contributed by atoms with Crippen molar-refractivity contribution >= 4 is 0 Å². The third-order valence-electron chi connectivity index (χ3n) is 2.47. The van der Waals surface area contributed by atoms with E-state index in [1.807, 2.05) is 13.8 Å². The normalized spacial score (nSPS) is 15.2. The van der Waals surface area contributed by atoms with E-state index in [-0.39, 0.29) is 11.5 Å². The van der Waals surface area contributed by atoms with Crippen LogP contribution in [-0.4, -0.2) is 11.2 Å². The molecule has 0 amide bonds. The fourth-order valence-corrected chi connectivity index (χ4v) is 1.61. The Morgan fingerprint density at radius 2 is 1.94 bits per heavy atom. The van der Waals surface area contributed by atoms with Crippen LogP contribution in [0.3, 0.4) is 0 Å². The van der Waals surface area contributed by atoms with Gasteiger partial charge in [-0.2, -0.15) is 0 Å². The molecule has 3 N–H and O–H groups in total. The third kappa shape index (κ3) is 3.00. The number of aliphatic hydroxyl groups excluding tert-OH is 1. The zero-order chi connectivity index (χ0) is 12.3. The highest BCUT2D eigenvalue weighted by atomic mass is 19.2. The quantitative estimate of drug-likeness (QED) is 0.832. The molecule has 1 aromatic rings. The van der Waals surface area contributed by atoms with Crippen LogP contribution >= 0.6 is 0 Å². The highest BCUT2D eigenvalue weighted by molar-refractivity contribution is 5.23. The van der Waals surface area contributed by atoms with E-state index in [1.54, 1.807) is 0 Å². The Morgan fingerprint density at radius 3 is 2.50 bits per heavy atom. The second-order valence-corrected chi connectivity index (χ2v) is 4.37. The third-order valence-corrected chi connectivity index (χ3v) is 2.47. The summed E-state index contributed by atoms with van der Waals surface area (Å²) in [7, 11) is 0. The number of nitrogens with two attached hydrogens (primary N) is 1. The fraction of sp³-hybridized carbons (Fsp3) is 0.500. The average Bonchev–Trinajstić information content (AvgIpc) is 2.20. The van der Waals surface area contributed by atoms with E-state index in [0.29, 0.717) is 6.42 Å². The maximum atomic E-state index is 13.4. The van der Waals surface area contributed by atoms with Crippen LogP contribution in [0.5, 0.6) is 0 Å². The summed E-state index contributed by atoms with van der Waals surface area (Å²) in [6, 6.07) is 2.92. The van der Waals surface area contributed by atoms with Gasteiger partial charge in [0.1, 0.15) is 0 Å². The van der Waals surface area contributed by atoms with Crippen molar-refractivity contribution in [1.29, 1.82) is 0 Å². The van der Waals surface area contributed by atoms with Crippen molar-refractivity contribution in [3.8, 4) is 0 Å². The van der Waals surface area contributed by atoms with Crippen molar-refractivity contribution in [1.82, 2.24) is 0 Å². The summed E-state index contributed by atoms with van der Waals surface area (Å²) in [6.07, 6.45) is -0.409. The molecule has 4 heteroatoms. The molecule has 2 nitrogen and oxygen atoms in total. The van der Waals surface area contributed by atoms with Gasteiger partial charge in [0.2, 0.25) is 0 Å². The lowest BCUT2D eigenvalue weighted by atomic mass is 9.95. The predicted octanol–water partition coefficient (Wildman–Crippen LogP) is 2.37. The molecular formula is C12H17F2NO. The van der Waals surface area contributed by atoms with Crippen LogP contribution < -0.4 is 5.73 Å². The second kappa shape index (κ2) is 5.37. The van der Waals surface area contributed by atoms with Gasteiger partial charge in [0.25, 0.3) is 0 Å². The van der Waals surface area contributed by atoms with Crippen molar-refractivity contribution in [3.05, 3.63) is 35.4 Å². The lowest BCUT2D eigenvalue weighted by Crippen LogP contribution is -2.28. The molecule has 0 spiro atoms. The van der Waals surface area contributed by atoms with Gasteiger partial charge < -0.3 is 10.8 Å². The number of halogens is 2. The maximum absolute atomic E-state index is 13.4. The Labute approximate surface area is 94.1 Å². The summed E-state index contributed by atoms with van der Waals surface area (Å²) < 4.78 is 26.3. The fourth-order valence-electron chi connectivity index (χ4n) is 1.61. The van der Waals surface area contributed by atoms with Crippen LogP contribution in [0, 0.1) is 17.6 Å². The SMILES string of the molecule is CC(C)C[C@@H](O)[C@@H](N)c1cccc(F)c1F. The van der Waals surface area contributed by atoms with E-state index < -0.39 is 23.8 Å². The molecule has 0 heterocycles. The molecule has 0 radical (unpaired) electrons. The van der Waals surface area contributed by atoms with E-state index in [0.717, 1.165) is 6.07 Å². The average molecular weight is 229 g/mol. The molecule has 0 fully saturated rings. The lowest BCUT2D eigenvalue weighted by molar-refractivity contribution is 0.119. The number of aliphatic hydroxyl groups is 1. The lowest BCUT2D eigenvalue weighted by Gasteiger charge is -2.21. The Bertz CT molecular complexity index is 355. The van der Waals surface area contributed by atoms with Gasteiger partial charge in [-0.15, -0.1) is 0 Å². The summed E-state index contributed by atoms with van der Waals surface area (Å²) in [6.45, 7) is 3.86. The Hall–Kier alpha value is -1.00. The molecule has 0 aromatic heterocycles. The molecule has 0 aliphatic rings. The summed E-state index contributed by atoms with van der Waals surface area (Å²) in [5.74, 6) is -1.67. The van der Waals surface area contributed by atoms with E-state index >= 15 is 0 Å². The van der Waals surface area contributed by atoms with Crippen LogP contribution in [0.2, 0.25) is 0 Å². The van der Waals surface area contributed by atoms with Crippen molar-refractivity contribution in [2.75, 3.05) is 0 Å². The Morgan fingerprint density at radius 1 is 1.31 bits per heavy atom. The molecule has 0 aliphatic heterocycles. The number of hydrogen-bond donors (Lipinski definition) is 2. The van der Waals surface area contributed by atoms with E-state index in [1.165, 1.54) is 12.1 Å². The van der Waals surface area contributed by atoms with Gasteiger partial charge in [-0.25, -0.2) is 8.78 Å². The van der Waals surface area contributed by atoms with Gasteiger partial charge in [0, 0.05) is 5.56 Å². The molecule has 2 atom stereocenters. The van der Waals surface area contributed by atoms with Crippen LogP contribution in [0.4, 0.5) is 8.78 Å². The number of hydrogen-bond acceptors (Lipinski definition) is 2. The minimum Gasteiger partial charge on any atom is -0.391 e. The summed E-state index contributed by atoms with van der Waals surface area (Å²) in [4.78, 5) is 0. The minimum absolute atomic E-state index is 0.0214. The molecular weight excluding hydrogens is 212 g/mol. The van der Waals surface area contributed by atoms with E-state index in [4.69, 9.17) is 5.73 Å².